The standard InChI is InChI=1S/C13H18N4OS/c1-8-5-6-17(16-8)7-9(2)14-13(18)12-10(3)15-11(4)19-12/h5-6,9H,7H2,1-4H3,(H,14,18). The number of carbonyl (C=O) groups excluding carboxylic acids is 1. The van der Waals surface area contributed by atoms with E-state index in [0.29, 0.717) is 11.4 Å². The first-order valence-electron chi connectivity index (χ1n) is 6.20. The topological polar surface area (TPSA) is 59.8 Å². The molecule has 0 saturated carbocycles. The highest BCUT2D eigenvalue weighted by atomic mass is 32.1. The van der Waals surface area contributed by atoms with Gasteiger partial charge >= 0.3 is 0 Å². The third kappa shape index (κ3) is 3.41. The summed E-state index contributed by atoms with van der Waals surface area (Å²) in [5.74, 6) is -0.0560. The molecule has 1 unspecified atom stereocenters. The molecule has 102 valence electrons. The predicted molar refractivity (Wildman–Crippen MR) is 75.5 cm³/mol. The summed E-state index contributed by atoms with van der Waals surface area (Å²) in [6.07, 6.45) is 1.92. The number of rotatable bonds is 4. The molecule has 2 heterocycles. The van der Waals surface area contributed by atoms with Crippen LogP contribution in [0, 0.1) is 20.8 Å². The van der Waals surface area contributed by atoms with Crippen LogP contribution in [-0.2, 0) is 6.54 Å². The first-order valence-corrected chi connectivity index (χ1v) is 7.02. The Morgan fingerprint density at radius 3 is 2.74 bits per heavy atom. The molecule has 5 nitrogen and oxygen atoms in total. The Bertz CT molecular complexity index is 587. The highest BCUT2D eigenvalue weighted by molar-refractivity contribution is 7.13. The van der Waals surface area contributed by atoms with Crippen molar-refractivity contribution in [3.63, 3.8) is 0 Å². The second-order valence-electron chi connectivity index (χ2n) is 4.70. The quantitative estimate of drug-likeness (QED) is 0.931. The van der Waals surface area contributed by atoms with Crippen LogP contribution < -0.4 is 5.32 Å². The van der Waals surface area contributed by atoms with E-state index in [-0.39, 0.29) is 11.9 Å². The van der Waals surface area contributed by atoms with E-state index < -0.39 is 0 Å². The molecule has 1 N–H and O–H groups in total. The van der Waals surface area contributed by atoms with E-state index in [9.17, 15) is 4.79 Å². The van der Waals surface area contributed by atoms with Crippen LogP contribution in [0.4, 0.5) is 0 Å². The highest BCUT2D eigenvalue weighted by Crippen LogP contribution is 2.16. The molecule has 0 saturated heterocycles. The zero-order valence-electron chi connectivity index (χ0n) is 11.6. The molecular weight excluding hydrogens is 260 g/mol. The molecule has 1 amide bonds. The fourth-order valence-electron chi connectivity index (χ4n) is 1.92. The molecule has 19 heavy (non-hydrogen) atoms. The summed E-state index contributed by atoms with van der Waals surface area (Å²) in [5, 5.41) is 8.20. The zero-order chi connectivity index (χ0) is 14.0. The average Bonchev–Trinajstić information content (AvgIpc) is 2.84. The summed E-state index contributed by atoms with van der Waals surface area (Å²) in [6, 6.07) is 1.97. The largest absolute Gasteiger partial charge is 0.347 e. The van der Waals surface area contributed by atoms with Crippen molar-refractivity contribution >= 4 is 17.2 Å². The van der Waals surface area contributed by atoms with Gasteiger partial charge in [0.15, 0.2) is 0 Å². The monoisotopic (exact) mass is 278 g/mol. The highest BCUT2D eigenvalue weighted by Gasteiger charge is 2.16. The fraction of sp³-hybridized carbons (Fsp3) is 0.462. The summed E-state index contributed by atoms with van der Waals surface area (Å²) in [6.45, 7) is 8.35. The fourth-order valence-corrected chi connectivity index (χ4v) is 2.75. The van der Waals surface area contributed by atoms with E-state index in [1.54, 1.807) is 0 Å². The van der Waals surface area contributed by atoms with Crippen molar-refractivity contribution in [2.24, 2.45) is 0 Å². The smallest absolute Gasteiger partial charge is 0.263 e. The molecule has 0 aliphatic rings. The van der Waals surface area contributed by atoms with Crippen LogP contribution >= 0.6 is 11.3 Å². The van der Waals surface area contributed by atoms with Gasteiger partial charge in [-0.25, -0.2) is 4.98 Å². The van der Waals surface area contributed by atoms with Gasteiger partial charge in [-0.2, -0.15) is 5.10 Å². The van der Waals surface area contributed by atoms with E-state index in [1.165, 1.54) is 11.3 Å². The van der Waals surface area contributed by atoms with Gasteiger partial charge < -0.3 is 5.32 Å². The first kappa shape index (κ1) is 13.7. The van der Waals surface area contributed by atoms with Crippen molar-refractivity contribution in [1.82, 2.24) is 20.1 Å². The zero-order valence-corrected chi connectivity index (χ0v) is 12.4. The Kier molecular flexibility index (Phi) is 3.99. The average molecular weight is 278 g/mol. The number of thiazole rings is 1. The maximum atomic E-state index is 12.1. The lowest BCUT2D eigenvalue weighted by molar-refractivity contribution is 0.0939. The van der Waals surface area contributed by atoms with Crippen LogP contribution in [0.15, 0.2) is 12.3 Å². The lowest BCUT2D eigenvalue weighted by atomic mass is 10.3. The molecule has 0 radical (unpaired) electrons. The maximum absolute atomic E-state index is 12.1. The summed E-state index contributed by atoms with van der Waals surface area (Å²) in [7, 11) is 0. The van der Waals surface area contributed by atoms with Crippen LogP contribution in [0.1, 0.15) is 33.0 Å². The van der Waals surface area contributed by atoms with Crippen molar-refractivity contribution in [2.45, 2.75) is 40.3 Å². The minimum atomic E-state index is -0.0560. The van der Waals surface area contributed by atoms with E-state index in [0.717, 1.165) is 16.4 Å². The first-order chi connectivity index (χ1) is 8.95. The number of hydrogen-bond donors (Lipinski definition) is 1. The summed E-state index contributed by atoms with van der Waals surface area (Å²) in [5.41, 5.74) is 1.77. The number of amides is 1. The third-order valence-electron chi connectivity index (χ3n) is 2.72. The minimum Gasteiger partial charge on any atom is -0.347 e. The second kappa shape index (κ2) is 5.52. The van der Waals surface area contributed by atoms with Crippen LogP contribution in [0.25, 0.3) is 0 Å². The van der Waals surface area contributed by atoms with Crippen molar-refractivity contribution < 1.29 is 4.79 Å². The second-order valence-corrected chi connectivity index (χ2v) is 5.90. The maximum Gasteiger partial charge on any atom is 0.263 e. The van der Waals surface area contributed by atoms with Gasteiger partial charge in [-0.15, -0.1) is 11.3 Å². The molecule has 2 aromatic heterocycles. The molecule has 0 aromatic carbocycles. The molecule has 2 rings (SSSR count). The van der Waals surface area contributed by atoms with Crippen LogP contribution in [0.3, 0.4) is 0 Å². The van der Waals surface area contributed by atoms with Gasteiger partial charge in [-0.05, 0) is 33.8 Å². The number of hydrogen-bond acceptors (Lipinski definition) is 4. The lowest BCUT2D eigenvalue weighted by Crippen LogP contribution is -2.35. The van der Waals surface area contributed by atoms with Crippen LogP contribution in [0.2, 0.25) is 0 Å². The summed E-state index contributed by atoms with van der Waals surface area (Å²) >= 11 is 1.43. The number of carbonyl (C=O) groups is 1. The summed E-state index contributed by atoms with van der Waals surface area (Å²) in [4.78, 5) is 17.1. The Morgan fingerprint density at radius 1 is 1.47 bits per heavy atom. The third-order valence-corrected chi connectivity index (χ3v) is 3.79. The Morgan fingerprint density at radius 2 is 2.21 bits per heavy atom. The number of aryl methyl sites for hydroxylation is 3. The SMILES string of the molecule is Cc1ccn(CC(C)NC(=O)c2sc(C)nc2C)n1. The number of nitrogens with zero attached hydrogens (tertiary/aromatic N) is 3. The van der Waals surface area contributed by atoms with Gasteiger partial charge in [0.2, 0.25) is 0 Å². The molecule has 0 fully saturated rings. The van der Waals surface area contributed by atoms with Crippen molar-refractivity contribution in [1.29, 1.82) is 0 Å². The van der Waals surface area contributed by atoms with Crippen LogP contribution in [0.5, 0.6) is 0 Å². The Labute approximate surface area is 116 Å². The molecule has 6 heteroatoms. The molecule has 1 atom stereocenters. The number of nitrogens with one attached hydrogen (secondary N) is 1. The normalized spacial score (nSPS) is 12.4. The molecule has 0 aliphatic carbocycles. The van der Waals surface area contributed by atoms with E-state index in [1.807, 2.05) is 44.6 Å². The summed E-state index contributed by atoms with van der Waals surface area (Å²) < 4.78 is 1.84. The van der Waals surface area contributed by atoms with Gasteiger partial charge in [-0.1, -0.05) is 0 Å². The molecule has 2 aromatic rings. The molecule has 0 spiro atoms. The predicted octanol–water partition coefficient (Wildman–Crippen LogP) is 2.08. The number of aromatic nitrogens is 3. The minimum absolute atomic E-state index is 0.0219. The van der Waals surface area contributed by atoms with E-state index >= 15 is 0 Å². The lowest BCUT2D eigenvalue weighted by Gasteiger charge is -2.13. The van der Waals surface area contributed by atoms with Gasteiger partial charge in [0.25, 0.3) is 5.91 Å². The van der Waals surface area contributed by atoms with E-state index in [4.69, 9.17) is 0 Å². The Balaban J connectivity index is 1.97. The van der Waals surface area contributed by atoms with Gasteiger partial charge in [-0.3, -0.25) is 9.48 Å². The van der Waals surface area contributed by atoms with Crippen molar-refractivity contribution in [3.05, 3.63) is 33.5 Å². The molecule has 0 bridgehead atoms. The van der Waals surface area contributed by atoms with Crippen LogP contribution in [-0.4, -0.2) is 26.7 Å². The van der Waals surface area contributed by atoms with Gasteiger partial charge in [0, 0.05) is 12.2 Å². The Hall–Kier alpha value is -1.69. The van der Waals surface area contributed by atoms with Crippen molar-refractivity contribution in [3.8, 4) is 0 Å². The molecular formula is C13H18N4OS. The van der Waals surface area contributed by atoms with Gasteiger partial charge in [0.05, 0.1) is 22.9 Å². The van der Waals surface area contributed by atoms with Gasteiger partial charge in [0.1, 0.15) is 4.88 Å². The van der Waals surface area contributed by atoms with E-state index in [2.05, 4.69) is 15.4 Å². The molecule has 0 aliphatic heterocycles. The van der Waals surface area contributed by atoms with Crippen molar-refractivity contribution in [2.75, 3.05) is 0 Å².